The van der Waals surface area contributed by atoms with E-state index >= 15 is 0 Å². The molecule has 0 aromatic heterocycles. The molecule has 1 fully saturated rings. The lowest BCUT2D eigenvalue weighted by Gasteiger charge is -2.34. The largest absolute Gasteiger partial charge is 0.368 e. The Balaban J connectivity index is 1.92. The van der Waals surface area contributed by atoms with Crippen molar-refractivity contribution < 1.29 is 4.74 Å². The predicted octanol–water partition coefficient (Wildman–Crippen LogP) is 2.15. The van der Waals surface area contributed by atoms with E-state index in [1.807, 2.05) is 6.92 Å². The first-order valence-electron chi connectivity index (χ1n) is 5.20. The average Bonchev–Trinajstić information content (AvgIpc) is 1.94. The fourth-order valence-corrected chi connectivity index (χ4v) is 1.68. The first-order chi connectivity index (χ1) is 6.20. The second kappa shape index (κ2) is 5.89. The van der Waals surface area contributed by atoms with Crippen LogP contribution in [0.1, 0.15) is 32.6 Å². The van der Waals surface area contributed by atoms with Crippen LogP contribution in [0, 0.1) is 0 Å². The molecule has 0 aromatic carbocycles. The van der Waals surface area contributed by atoms with Crippen molar-refractivity contribution >= 4 is 12.6 Å². The Bertz CT molecular complexity index is 137. The minimum Gasteiger partial charge on any atom is -0.368 e. The zero-order chi connectivity index (χ0) is 9.68. The Hall–Kier alpha value is 0.270. The first kappa shape index (κ1) is 11.3. The summed E-state index contributed by atoms with van der Waals surface area (Å²) >= 11 is 4.16. The van der Waals surface area contributed by atoms with Crippen molar-refractivity contribution in [3.8, 4) is 0 Å². The van der Waals surface area contributed by atoms with Crippen LogP contribution in [0.4, 0.5) is 0 Å². The van der Waals surface area contributed by atoms with Crippen molar-refractivity contribution in [2.75, 3.05) is 20.2 Å². The molecule has 0 bridgehead atoms. The Kier molecular flexibility index (Phi) is 5.14. The van der Waals surface area contributed by atoms with Gasteiger partial charge in [0.05, 0.1) is 5.44 Å². The monoisotopic (exact) mass is 203 g/mol. The fraction of sp³-hybridized carbons (Fsp3) is 1.00. The highest BCUT2D eigenvalue weighted by Gasteiger charge is 2.20. The fourth-order valence-electron chi connectivity index (χ4n) is 1.58. The number of hydrogen-bond donors (Lipinski definition) is 1. The third-order valence-electron chi connectivity index (χ3n) is 2.71. The summed E-state index contributed by atoms with van der Waals surface area (Å²) in [6.45, 7) is 3.95. The van der Waals surface area contributed by atoms with Crippen LogP contribution in [0.5, 0.6) is 0 Å². The van der Waals surface area contributed by atoms with E-state index in [4.69, 9.17) is 4.74 Å². The standard InChI is InChI=1S/C10H21NOS/c1-9(13)12-8-4-7-11(2)10-5-3-6-10/h9-10,13H,3-8H2,1-2H3/t9-/m0/s1. The zero-order valence-electron chi connectivity index (χ0n) is 8.70. The number of hydrogen-bond acceptors (Lipinski definition) is 3. The van der Waals surface area contributed by atoms with Crippen molar-refractivity contribution in [2.24, 2.45) is 0 Å². The van der Waals surface area contributed by atoms with Gasteiger partial charge in [0.25, 0.3) is 0 Å². The van der Waals surface area contributed by atoms with Crippen LogP contribution in [0.2, 0.25) is 0 Å². The van der Waals surface area contributed by atoms with Crippen LogP contribution in [0.15, 0.2) is 0 Å². The smallest absolute Gasteiger partial charge is 0.0971 e. The molecule has 0 N–H and O–H groups in total. The molecule has 1 aliphatic carbocycles. The summed E-state index contributed by atoms with van der Waals surface area (Å²) in [4.78, 5) is 2.45. The van der Waals surface area contributed by atoms with Gasteiger partial charge in [-0.05, 0) is 33.2 Å². The van der Waals surface area contributed by atoms with Gasteiger partial charge in [-0.1, -0.05) is 6.42 Å². The van der Waals surface area contributed by atoms with Crippen LogP contribution in [-0.2, 0) is 4.74 Å². The van der Waals surface area contributed by atoms with Gasteiger partial charge in [-0.3, -0.25) is 0 Å². The number of ether oxygens (including phenoxy) is 1. The van der Waals surface area contributed by atoms with Gasteiger partial charge in [-0.15, -0.1) is 12.6 Å². The van der Waals surface area contributed by atoms with Crippen molar-refractivity contribution in [3.63, 3.8) is 0 Å². The van der Waals surface area contributed by atoms with E-state index in [2.05, 4.69) is 24.6 Å². The number of nitrogens with zero attached hydrogens (tertiary/aromatic N) is 1. The van der Waals surface area contributed by atoms with Crippen molar-refractivity contribution in [1.29, 1.82) is 0 Å². The van der Waals surface area contributed by atoms with Crippen LogP contribution in [-0.4, -0.2) is 36.6 Å². The molecule has 13 heavy (non-hydrogen) atoms. The molecule has 2 nitrogen and oxygen atoms in total. The van der Waals surface area contributed by atoms with E-state index in [1.165, 1.54) is 19.3 Å². The van der Waals surface area contributed by atoms with Crippen LogP contribution >= 0.6 is 12.6 Å². The van der Waals surface area contributed by atoms with E-state index in [9.17, 15) is 0 Å². The molecule has 0 spiro atoms. The molecule has 78 valence electrons. The predicted molar refractivity (Wildman–Crippen MR) is 59.3 cm³/mol. The maximum Gasteiger partial charge on any atom is 0.0971 e. The second-order valence-corrected chi connectivity index (χ2v) is 4.62. The molecule has 0 aliphatic heterocycles. The third kappa shape index (κ3) is 4.34. The van der Waals surface area contributed by atoms with Gasteiger partial charge in [-0.2, -0.15) is 0 Å². The normalized spacial score (nSPS) is 20.3. The average molecular weight is 203 g/mol. The molecule has 1 aliphatic rings. The minimum atomic E-state index is 0.0778. The number of rotatable bonds is 6. The Morgan fingerprint density at radius 1 is 1.54 bits per heavy atom. The summed E-state index contributed by atoms with van der Waals surface area (Å²) in [7, 11) is 2.22. The van der Waals surface area contributed by atoms with E-state index in [0.29, 0.717) is 0 Å². The van der Waals surface area contributed by atoms with Gasteiger partial charge < -0.3 is 9.64 Å². The summed E-state index contributed by atoms with van der Waals surface area (Å²) in [5.41, 5.74) is 0.0778. The summed E-state index contributed by atoms with van der Waals surface area (Å²) in [5.74, 6) is 0. The van der Waals surface area contributed by atoms with Crippen LogP contribution < -0.4 is 0 Å². The molecule has 1 atom stereocenters. The van der Waals surface area contributed by atoms with Crippen LogP contribution in [0.3, 0.4) is 0 Å². The van der Waals surface area contributed by atoms with Gasteiger partial charge in [0.1, 0.15) is 0 Å². The second-order valence-electron chi connectivity index (χ2n) is 3.89. The lowest BCUT2D eigenvalue weighted by Crippen LogP contribution is -2.37. The SMILES string of the molecule is C[C@H](S)OCCCN(C)C1CCC1. The minimum absolute atomic E-state index is 0.0778. The summed E-state index contributed by atoms with van der Waals surface area (Å²) in [5, 5.41) is 0. The van der Waals surface area contributed by atoms with Gasteiger partial charge in [0.15, 0.2) is 0 Å². The van der Waals surface area contributed by atoms with Crippen molar-refractivity contribution in [1.82, 2.24) is 4.90 Å². The van der Waals surface area contributed by atoms with Gasteiger partial charge >= 0.3 is 0 Å². The lowest BCUT2D eigenvalue weighted by atomic mass is 9.92. The molecular weight excluding hydrogens is 182 g/mol. The Labute approximate surface area is 87.0 Å². The zero-order valence-corrected chi connectivity index (χ0v) is 9.59. The highest BCUT2D eigenvalue weighted by molar-refractivity contribution is 7.80. The number of thiol groups is 1. The topological polar surface area (TPSA) is 12.5 Å². The molecule has 3 heteroatoms. The Morgan fingerprint density at radius 2 is 2.23 bits per heavy atom. The van der Waals surface area contributed by atoms with Crippen molar-refractivity contribution in [3.05, 3.63) is 0 Å². The molecule has 0 saturated heterocycles. The maximum absolute atomic E-state index is 5.36. The van der Waals surface area contributed by atoms with Gasteiger partial charge in [-0.25, -0.2) is 0 Å². The molecule has 0 aromatic rings. The van der Waals surface area contributed by atoms with Crippen LogP contribution in [0.25, 0.3) is 0 Å². The summed E-state index contributed by atoms with van der Waals surface area (Å²) in [6, 6.07) is 0.855. The lowest BCUT2D eigenvalue weighted by molar-refractivity contribution is 0.0992. The van der Waals surface area contributed by atoms with E-state index in [-0.39, 0.29) is 5.44 Å². The molecule has 1 saturated carbocycles. The van der Waals surface area contributed by atoms with E-state index in [1.54, 1.807) is 0 Å². The quantitative estimate of drug-likeness (QED) is 0.403. The molecule has 0 radical (unpaired) electrons. The van der Waals surface area contributed by atoms with E-state index in [0.717, 1.165) is 25.6 Å². The summed E-state index contributed by atoms with van der Waals surface area (Å²) < 4.78 is 5.36. The van der Waals surface area contributed by atoms with E-state index < -0.39 is 0 Å². The molecule has 0 amide bonds. The molecular formula is C10H21NOS. The third-order valence-corrected chi connectivity index (χ3v) is 2.86. The maximum atomic E-state index is 5.36. The van der Waals surface area contributed by atoms with Gasteiger partial charge in [0.2, 0.25) is 0 Å². The molecule has 0 heterocycles. The molecule has 1 rings (SSSR count). The highest BCUT2D eigenvalue weighted by atomic mass is 32.1. The first-order valence-corrected chi connectivity index (χ1v) is 5.71. The van der Waals surface area contributed by atoms with Crippen molar-refractivity contribution in [2.45, 2.75) is 44.1 Å². The Morgan fingerprint density at radius 3 is 2.69 bits per heavy atom. The highest BCUT2D eigenvalue weighted by Crippen LogP contribution is 2.23. The molecule has 0 unspecified atom stereocenters. The summed E-state index contributed by atoms with van der Waals surface area (Å²) in [6.07, 6.45) is 5.32. The van der Waals surface area contributed by atoms with Gasteiger partial charge in [0, 0.05) is 19.2 Å².